The van der Waals surface area contributed by atoms with Crippen LogP contribution in [0.15, 0.2) is 36.5 Å². The number of nitrogens with zero attached hydrogens (tertiary/aromatic N) is 2. The first-order chi connectivity index (χ1) is 9.88. The molecule has 1 aromatic heterocycles. The van der Waals surface area contributed by atoms with E-state index < -0.39 is 0 Å². The van der Waals surface area contributed by atoms with E-state index in [9.17, 15) is 0 Å². The Morgan fingerprint density at radius 2 is 2.10 bits per heavy atom. The molecule has 1 saturated heterocycles. The van der Waals surface area contributed by atoms with Crippen molar-refractivity contribution in [2.45, 2.75) is 25.3 Å². The van der Waals surface area contributed by atoms with Crippen LogP contribution in [0.3, 0.4) is 0 Å². The number of nitrogens with one attached hydrogen (secondary N) is 1. The number of anilines is 1. The van der Waals surface area contributed by atoms with Gasteiger partial charge in [0.1, 0.15) is 0 Å². The zero-order valence-electron chi connectivity index (χ0n) is 11.8. The molecule has 0 radical (unpaired) electrons. The molecule has 4 rings (SSSR count). The number of hydrogen-bond donors (Lipinski definition) is 1. The maximum Gasteiger partial charge on any atom is 0.0703 e. The Balaban J connectivity index is 1.45. The molecule has 0 bridgehead atoms. The van der Waals surface area contributed by atoms with E-state index in [1.807, 2.05) is 12.3 Å². The van der Waals surface area contributed by atoms with Crippen LogP contribution in [0.4, 0.5) is 5.69 Å². The van der Waals surface area contributed by atoms with Crippen LogP contribution in [0.1, 0.15) is 19.3 Å². The molecule has 104 valence electrons. The van der Waals surface area contributed by atoms with Crippen molar-refractivity contribution in [2.24, 2.45) is 5.92 Å². The highest BCUT2D eigenvalue weighted by atomic mass is 15.2. The number of para-hydroxylation sites is 1. The van der Waals surface area contributed by atoms with Gasteiger partial charge < -0.3 is 10.2 Å². The lowest BCUT2D eigenvalue weighted by Crippen LogP contribution is -2.27. The second-order valence-corrected chi connectivity index (χ2v) is 6.17. The number of hydrogen-bond acceptors (Lipinski definition) is 3. The van der Waals surface area contributed by atoms with Crippen LogP contribution in [0.2, 0.25) is 0 Å². The van der Waals surface area contributed by atoms with Gasteiger partial charge in [-0.15, -0.1) is 0 Å². The van der Waals surface area contributed by atoms with Crippen molar-refractivity contribution < 1.29 is 0 Å². The third-order valence-electron chi connectivity index (χ3n) is 4.50. The van der Waals surface area contributed by atoms with Gasteiger partial charge in [0, 0.05) is 24.5 Å². The van der Waals surface area contributed by atoms with Gasteiger partial charge in [-0.2, -0.15) is 0 Å². The van der Waals surface area contributed by atoms with Gasteiger partial charge in [-0.1, -0.05) is 18.2 Å². The fraction of sp³-hybridized carbons (Fsp3) is 0.471. The van der Waals surface area contributed by atoms with E-state index in [2.05, 4.69) is 39.5 Å². The van der Waals surface area contributed by atoms with Gasteiger partial charge in [0.05, 0.1) is 17.4 Å². The summed E-state index contributed by atoms with van der Waals surface area (Å²) in [5.74, 6) is 0.794. The Hall–Kier alpha value is -1.61. The van der Waals surface area contributed by atoms with Crippen molar-refractivity contribution in [3.63, 3.8) is 0 Å². The fourth-order valence-corrected chi connectivity index (χ4v) is 3.09. The molecule has 1 N–H and O–H groups in total. The summed E-state index contributed by atoms with van der Waals surface area (Å²) in [5.41, 5.74) is 2.36. The quantitative estimate of drug-likeness (QED) is 0.923. The Kier molecular flexibility index (Phi) is 3.07. The average Bonchev–Trinajstić information content (AvgIpc) is 3.21. The van der Waals surface area contributed by atoms with Gasteiger partial charge in [0.15, 0.2) is 0 Å². The monoisotopic (exact) mass is 267 g/mol. The number of pyridine rings is 1. The molecule has 2 heterocycles. The van der Waals surface area contributed by atoms with E-state index in [1.165, 1.54) is 43.4 Å². The maximum atomic E-state index is 4.58. The molecule has 1 saturated carbocycles. The third-order valence-corrected chi connectivity index (χ3v) is 4.50. The van der Waals surface area contributed by atoms with Crippen LogP contribution in [0, 0.1) is 5.92 Å². The Morgan fingerprint density at radius 3 is 3.00 bits per heavy atom. The number of rotatable bonds is 4. The highest BCUT2D eigenvalue weighted by molar-refractivity contribution is 5.81. The number of fused-ring (bicyclic) bond motifs is 1. The summed E-state index contributed by atoms with van der Waals surface area (Å²) in [7, 11) is 0. The van der Waals surface area contributed by atoms with Crippen LogP contribution in [0.5, 0.6) is 0 Å². The van der Waals surface area contributed by atoms with Crippen molar-refractivity contribution in [3.8, 4) is 0 Å². The molecule has 2 fully saturated rings. The number of benzene rings is 1. The predicted octanol–water partition coefficient (Wildman–Crippen LogP) is 2.81. The summed E-state index contributed by atoms with van der Waals surface area (Å²) >= 11 is 0. The first kappa shape index (κ1) is 12.2. The molecule has 1 atom stereocenters. The van der Waals surface area contributed by atoms with E-state index in [0.29, 0.717) is 0 Å². The van der Waals surface area contributed by atoms with Gasteiger partial charge in [-0.25, -0.2) is 0 Å². The summed E-state index contributed by atoms with van der Waals surface area (Å²) in [6.45, 7) is 3.51. The average molecular weight is 267 g/mol. The third kappa shape index (κ3) is 2.50. The SMILES string of the molecule is c1ccc2ncc(N3CCC(CNC4CC4)C3)cc2c1. The smallest absolute Gasteiger partial charge is 0.0703 e. The van der Waals surface area contributed by atoms with E-state index >= 15 is 0 Å². The van der Waals surface area contributed by atoms with Gasteiger partial charge in [-0.05, 0) is 43.9 Å². The summed E-state index contributed by atoms with van der Waals surface area (Å²) in [6, 6.07) is 11.5. The lowest BCUT2D eigenvalue weighted by molar-refractivity contribution is 0.515. The molecular weight excluding hydrogens is 246 g/mol. The summed E-state index contributed by atoms with van der Waals surface area (Å²) < 4.78 is 0. The van der Waals surface area contributed by atoms with Gasteiger partial charge >= 0.3 is 0 Å². The minimum absolute atomic E-state index is 0.794. The maximum absolute atomic E-state index is 4.58. The highest BCUT2D eigenvalue weighted by Crippen LogP contribution is 2.26. The molecule has 1 aromatic carbocycles. The first-order valence-corrected chi connectivity index (χ1v) is 7.71. The second kappa shape index (κ2) is 5.06. The van der Waals surface area contributed by atoms with Gasteiger partial charge in [-0.3, -0.25) is 4.98 Å². The molecule has 3 heteroatoms. The largest absolute Gasteiger partial charge is 0.370 e. The minimum Gasteiger partial charge on any atom is -0.370 e. The summed E-state index contributed by atoms with van der Waals surface area (Å²) in [4.78, 5) is 7.06. The first-order valence-electron chi connectivity index (χ1n) is 7.71. The van der Waals surface area contributed by atoms with Crippen molar-refractivity contribution in [3.05, 3.63) is 36.5 Å². The van der Waals surface area contributed by atoms with E-state index in [1.54, 1.807) is 0 Å². The highest BCUT2D eigenvalue weighted by Gasteiger charge is 2.26. The molecule has 2 aliphatic rings. The number of aromatic nitrogens is 1. The van der Waals surface area contributed by atoms with Crippen LogP contribution in [-0.2, 0) is 0 Å². The molecule has 3 nitrogen and oxygen atoms in total. The molecule has 20 heavy (non-hydrogen) atoms. The topological polar surface area (TPSA) is 28.2 Å². The molecule has 1 unspecified atom stereocenters. The van der Waals surface area contributed by atoms with Crippen molar-refractivity contribution >= 4 is 16.6 Å². The molecular formula is C17H21N3. The molecule has 0 amide bonds. The van der Waals surface area contributed by atoms with Crippen LogP contribution in [0.25, 0.3) is 10.9 Å². The zero-order valence-corrected chi connectivity index (χ0v) is 11.8. The van der Waals surface area contributed by atoms with Crippen LogP contribution in [-0.4, -0.2) is 30.7 Å². The standard InChI is InChI=1S/C17H21N3/c1-2-4-17-14(3-1)9-16(11-19-17)20-8-7-13(12-20)10-18-15-5-6-15/h1-4,9,11,13,15,18H,5-8,10,12H2. The van der Waals surface area contributed by atoms with Crippen molar-refractivity contribution in [1.82, 2.24) is 10.3 Å². The molecule has 2 aromatic rings. The Labute approximate surface area is 120 Å². The second-order valence-electron chi connectivity index (χ2n) is 6.17. The minimum atomic E-state index is 0.794. The van der Waals surface area contributed by atoms with Crippen molar-refractivity contribution in [2.75, 3.05) is 24.5 Å². The Bertz CT molecular complexity index is 606. The van der Waals surface area contributed by atoms with Crippen molar-refractivity contribution in [1.29, 1.82) is 0 Å². The Morgan fingerprint density at radius 1 is 1.20 bits per heavy atom. The van der Waals surface area contributed by atoms with E-state index in [4.69, 9.17) is 0 Å². The fourth-order valence-electron chi connectivity index (χ4n) is 3.09. The predicted molar refractivity (Wildman–Crippen MR) is 83.1 cm³/mol. The molecule has 0 spiro atoms. The van der Waals surface area contributed by atoms with Crippen LogP contribution >= 0.6 is 0 Å². The van der Waals surface area contributed by atoms with E-state index in [0.717, 1.165) is 24.0 Å². The zero-order chi connectivity index (χ0) is 13.4. The van der Waals surface area contributed by atoms with Crippen LogP contribution < -0.4 is 10.2 Å². The molecule has 1 aliphatic heterocycles. The molecule has 1 aliphatic carbocycles. The van der Waals surface area contributed by atoms with Gasteiger partial charge in [0.2, 0.25) is 0 Å². The summed E-state index contributed by atoms with van der Waals surface area (Å²) in [5, 5.41) is 4.90. The normalized spacial score (nSPS) is 22.6. The van der Waals surface area contributed by atoms with E-state index in [-0.39, 0.29) is 0 Å². The summed E-state index contributed by atoms with van der Waals surface area (Å²) in [6.07, 6.45) is 6.08. The lowest BCUT2D eigenvalue weighted by Gasteiger charge is -2.19. The lowest BCUT2D eigenvalue weighted by atomic mass is 10.1. The van der Waals surface area contributed by atoms with Gasteiger partial charge in [0.25, 0.3) is 0 Å².